The lowest BCUT2D eigenvalue weighted by Gasteiger charge is -2.32. The van der Waals surface area contributed by atoms with Gasteiger partial charge in [-0.15, -0.1) is 0 Å². The Bertz CT molecular complexity index is 1140. The summed E-state index contributed by atoms with van der Waals surface area (Å²) in [6.45, 7) is 2.85. The van der Waals surface area contributed by atoms with Gasteiger partial charge in [0.05, 0.1) is 6.61 Å². The highest BCUT2D eigenvalue weighted by Crippen LogP contribution is 2.25. The highest BCUT2D eigenvalue weighted by atomic mass is 35.5. The van der Waals surface area contributed by atoms with Gasteiger partial charge in [-0.05, 0) is 60.9 Å². The molecule has 0 saturated heterocycles. The summed E-state index contributed by atoms with van der Waals surface area (Å²) in [7, 11) is 0. The van der Waals surface area contributed by atoms with Gasteiger partial charge in [-0.25, -0.2) is 0 Å². The summed E-state index contributed by atoms with van der Waals surface area (Å²) in [5, 5.41) is 4.46. The van der Waals surface area contributed by atoms with Crippen molar-refractivity contribution in [1.82, 2.24) is 10.2 Å². The van der Waals surface area contributed by atoms with E-state index < -0.39 is 6.04 Å². The minimum absolute atomic E-state index is 0.159. The minimum Gasteiger partial charge on any atom is -0.494 e. The number of rotatable bonds is 12. The second kappa shape index (κ2) is 14.1. The molecular weight excluding hydrogens is 519 g/mol. The van der Waals surface area contributed by atoms with Crippen LogP contribution in [0, 0.1) is 0 Å². The van der Waals surface area contributed by atoms with Gasteiger partial charge in [0.2, 0.25) is 11.8 Å². The summed E-state index contributed by atoms with van der Waals surface area (Å²) < 4.78 is 5.74. The van der Waals surface area contributed by atoms with Gasteiger partial charge in [-0.2, -0.15) is 0 Å². The third kappa shape index (κ3) is 8.44. The molecule has 0 radical (unpaired) electrons. The fraction of sp³-hybridized carbons (Fsp3) is 0.286. The van der Waals surface area contributed by atoms with E-state index in [1.807, 2.05) is 37.3 Å². The first kappa shape index (κ1) is 27.9. The molecule has 1 N–H and O–H groups in total. The van der Waals surface area contributed by atoms with Crippen LogP contribution in [0.15, 0.2) is 72.8 Å². The van der Waals surface area contributed by atoms with Crippen LogP contribution in [0.2, 0.25) is 15.1 Å². The number of nitrogens with one attached hydrogen (secondary N) is 1. The van der Waals surface area contributed by atoms with Gasteiger partial charge in [0, 0.05) is 41.0 Å². The molecule has 0 fully saturated rings. The van der Waals surface area contributed by atoms with Crippen molar-refractivity contribution in [3.05, 3.63) is 99.0 Å². The topological polar surface area (TPSA) is 58.6 Å². The Kier molecular flexibility index (Phi) is 10.9. The Morgan fingerprint density at radius 1 is 0.944 bits per heavy atom. The summed E-state index contributed by atoms with van der Waals surface area (Å²) in [5.41, 5.74) is 1.68. The zero-order chi connectivity index (χ0) is 25.9. The molecule has 0 aromatic heterocycles. The van der Waals surface area contributed by atoms with E-state index in [1.54, 1.807) is 47.4 Å². The molecule has 0 unspecified atom stereocenters. The molecule has 0 spiro atoms. The molecule has 0 aliphatic rings. The van der Waals surface area contributed by atoms with Gasteiger partial charge in [0.1, 0.15) is 11.8 Å². The maximum atomic E-state index is 13.5. The number of nitrogens with zero attached hydrogens (tertiary/aromatic N) is 1. The molecule has 0 bridgehead atoms. The summed E-state index contributed by atoms with van der Waals surface area (Å²) in [6, 6.07) is 21.2. The second-order valence-corrected chi connectivity index (χ2v) is 9.54. The first-order valence-corrected chi connectivity index (χ1v) is 12.9. The molecule has 3 aromatic rings. The van der Waals surface area contributed by atoms with Crippen LogP contribution in [-0.4, -0.2) is 35.9 Å². The van der Waals surface area contributed by atoms with E-state index in [0.717, 1.165) is 5.56 Å². The van der Waals surface area contributed by atoms with Crippen LogP contribution in [0.5, 0.6) is 5.75 Å². The second-order valence-electron chi connectivity index (χ2n) is 8.26. The number of amides is 2. The first-order valence-electron chi connectivity index (χ1n) is 11.8. The Labute approximate surface area is 227 Å². The third-order valence-electron chi connectivity index (χ3n) is 5.60. The van der Waals surface area contributed by atoms with E-state index in [-0.39, 0.29) is 24.8 Å². The van der Waals surface area contributed by atoms with E-state index in [0.29, 0.717) is 52.4 Å². The van der Waals surface area contributed by atoms with Crippen molar-refractivity contribution < 1.29 is 14.3 Å². The van der Waals surface area contributed by atoms with E-state index in [2.05, 4.69) is 5.32 Å². The Balaban J connectivity index is 1.79. The third-order valence-corrected chi connectivity index (χ3v) is 6.43. The number of hydrogen-bond acceptors (Lipinski definition) is 3. The largest absolute Gasteiger partial charge is 0.494 e. The molecule has 0 aliphatic carbocycles. The Morgan fingerprint density at radius 2 is 1.64 bits per heavy atom. The fourth-order valence-corrected chi connectivity index (χ4v) is 4.36. The van der Waals surface area contributed by atoms with Crippen LogP contribution < -0.4 is 10.1 Å². The highest BCUT2D eigenvalue weighted by molar-refractivity contribution is 6.35. The predicted octanol–water partition coefficient (Wildman–Crippen LogP) is 6.58. The quantitative estimate of drug-likeness (QED) is 0.261. The molecule has 8 heteroatoms. The number of carbonyl (C=O) groups excluding carboxylic acids is 2. The van der Waals surface area contributed by atoms with Gasteiger partial charge >= 0.3 is 0 Å². The van der Waals surface area contributed by atoms with Crippen molar-refractivity contribution in [1.29, 1.82) is 0 Å². The molecule has 2 amide bonds. The van der Waals surface area contributed by atoms with E-state index in [9.17, 15) is 9.59 Å². The average Bonchev–Trinajstić information content (AvgIpc) is 2.87. The lowest BCUT2D eigenvalue weighted by atomic mass is 10.0. The molecule has 5 nitrogen and oxygen atoms in total. The lowest BCUT2D eigenvalue weighted by Crippen LogP contribution is -2.50. The standard InChI is InChI=1S/C28H29Cl3N2O3/c1-2-32-28(35)26(17-20-7-4-3-5-8-20)33(19-21-10-11-23(30)18-25(21)31)27(34)9-6-16-36-24-14-12-22(29)13-15-24/h3-5,7-8,10-15,18,26H,2,6,9,16-17,19H2,1H3,(H,32,35)/t26-/m1/s1. The molecule has 36 heavy (non-hydrogen) atoms. The van der Waals surface area contributed by atoms with Crippen molar-refractivity contribution >= 4 is 46.6 Å². The van der Waals surface area contributed by atoms with Gasteiger partial charge in [-0.1, -0.05) is 71.2 Å². The highest BCUT2D eigenvalue weighted by Gasteiger charge is 2.30. The van der Waals surface area contributed by atoms with Crippen LogP contribution >= 0.6 is 34.8 Å². The fourth-order valence-electron chi connectivity index (χ4n) is 3.77. The first-order chi connectivity index (χ1) is 17.4. The van der Waals surface area contributed by atoms with Crippen LogP contribution in [0.1, 0.15) is 30.9 Å². The number of ether oxygens (including phenoxy) is 1. The molecule has 0 aliphatic heterocycles. The Hall–Kier alpha value is -2.73. The summed E-state index contributed by atoms with van der Waals surface area (Å²) in [5.74, 6) is 0.311. The van der Waals surface area contributed by atoms with Gasteiger partial charge in [-0.3, -0.25) is 9.59 Å². The van der Waals surface area contributed by atoms with Crippen LogP contribution in [0.4, 0.5) is 0 Å². The smallest absolute Gasteiger partial charge is 0.243 e. The van der Waals surface area contributed by atoms with Crippen molar-refractivity contribution in [2.45, 2.75) is 38.8 Å². The normalized spacial score (nSPS) is 11.6. The lowest BCUT2D eigenvalue weighted by molar-refractivity contribution is -0.141. The van der Waals surface area contributed by atoms with E-state index in [4.69, 9.17) is 39.5 Å². The van der Waals surface area contributed by atoms with Gasteiger partial charge in [0.15, 0.2) is 0 Å². The van der Waals surface area contributed by atoms with Gasteiger partial charge < -0.3 is 15.0 Å². The monoisotopic (exact) mass is 546 g/mol. The van der Waals surface area contributed by atoms with Crippen molar-refractivity contribution in [3.63, 3.8) is 0 Å². The molecule has 0 saturated carbocycles. The molecule has 190 valence electrons. The maximum Gasteiger partial charge on any atom is 0.243 e. The minimum atomic E-state index is -0.705. The predicted molar refractivity (Wildman–Crippen MR) is 146 cm³/mol. The molecule has 3 rings (SSSR count). The number of benzene rings is 3. The molecule has 3 aromatic carbocycles. The van der Waals surface area contributed by atoms with Gasteiger partial charge in [0.25, 0.3) is 0 Å². The average molecular weight is 548 g/mol. The van der Waals surface area contributed by atoms with Crippen LogP contribution in [0.25, 0.3) is 0 Å². The van der Waals surface area contributed by atoms with Crippen LogP contribution in [0.3, 0.4) is 0 Å². The SMILES string of the molecule is CCNC(=O)[C@@H](Cc1ccccc1)N(Cc1ccc(Cl)cc1Cl)C(=O)CCCOc1ccc(Cl)cc1. The van der Waals surface area contributed by atoms with Crippen LogP contribution in [-0.2, 0) is 22.6 Å². The zero-order valence-electron chi connectivity index (χ0n) is 20.1. The number of halogens is 3. The number of carbonyl (C=O) groups is 2. The molecule has 0 heterocycles. The summed E-state index contributed by atoms with van der Waals surface area (Å²) >= 11 is 18.4. The Morgan fingerprint density at radius 3 is 2.31 bits per heavy atom. The summed E-state index contributed by atoms with van der Waals surface area (Å²) in [4.78, 5) is 28.3. The maximum absolute atomic E-state index is 13.5. The van der Waals surface area contributed by atoms with Crippen molar-refractivity contribution in [2.24, 2.45) is 0 Å². The zero-order valence-corrected chi connectivity index (χ0v) is 22.3. The molecular formula is C28H29Cl3N2O3. The summed E-state index contributed by atoms with van der Waals surface area (Å²) in [6.07, 6.45) is 1.08. The molecule has 1 atom stereocenters. The number of hydrogen-bond donors (Lipinski definition) is 1. The van der Waals surface area contributed by atoms with E-state index in [1.165, 1.54) is 0 Å². The van der Waals surface area contributed by atoms with Crippen molar-refractivity contribution in [2.75, 3.05) is 13.2 Å². The van der Waals surface area contributed by atoms with E-state index >= 15 is 0 Å². The van der Waals surface area contributed by atoms with Crippen molar-refractivity contribution in [3.8, 4) is 5.75 Å². The number of likely N-dealkylation sites (N-methyl/N-ethyl adjacent to an activating group) is 1.